The van der Waals surface area contributed by atoms with Crippen LogP contribution in [0.15, 0.2) is 0 Å². The van der Waals surface area contributed by atoms with Gasteiger partial charge >= 0.3 is 0 Å². The topological polar surface area (TPSA) is 17.1 Å². The van der Waals surface area contributed by atoms with Crippen LogP contribution in [-0.2, 0) is 4.79 Å². The fraction of sp³-hybridized carbons (Fsp3) is 0.800. The summed E-state index contributed by atoms with van der Waals surface area (Å²) in [4.78, 5) is 10.2. The quantitative estimate of drug-likeness (QED) is 0.514. The lowest BCUT2D eigenvalue weighted by molar-refractivity contribution is -0.117. The third-order valence-electron chi connectivity index (χ3n) is 0.662. The minimum absolute atomic E-state index is 0.302. The van der Waals surface area contributed by atoms with E-state index >= 15 is 0 Å². The smallest absolute Gasteiger partial charge is 0.129 e. The van der Waals surface area contributed by atoms with Crippen LogP contribution in [0.3, 0.4) is 0 Å². The number of carbonyl (C=O) groups excluding carboxylic acids is 1. The first-order valence-electron chi connectivity index (χ1n) is 2.32. The number of hydrogen-bond acceptors (Lipinski definition) is 1. The van der Waals surface area contributed by atoms with Crippen molar-refractivity contribution >= 4 is 28.4 Å². The van der Waals surface area contributed by atoms with Crippen LogP contribution in [0.4, 0.5) is 0 Å². The summed E-state index contributed by atoms with van der Waals surface area (Å²) in [7, 11) is 0. The predicted octanol–water partition coefficient (Wildman–Crippen LogP) is 1.79. The van der Waals surface area contributed by atoms with Crippen LogP contribution >= 0.6 is 22.6 Å². The van der Waals surface area contributed by atoms with Crippen LogP contribution in [0, 0.1) is 0 Å². The van der Waals surface area contributed by atoms with Gasteiger partial charge in [-0.25, -0.2) is 0 Å². The molecule has 0 rings (SSSR count). The van der Waals surface area contributed by atoms with Gasteiger partial charge in [-0.05, 0) is 17.8 Å². The molecule has 0 unspecified atom stereocenters. The third kappa shape index (κ3) is 6.40. The standard InChI is InChI=1S/C5H9IO/c1-5(7)3-2-4-6/h2-4H2,1H3. The first kappa shape index (κ1) is 7.40. The summed E-state index contributed by atoms with van der Waals surface area (Å²) < 4.78 is 1.09. The maximum atomic E-state index is 10.2. The molecule has 0 heterocycles. The largest absolute Gasteiger partial charge is 0.300 e. The Kier molecular flexibility index (Phi) is 4.82. The molecular weight excluding hydrogens is 203 g/mol. The molecule has 0 saturated carbocycles. The zero-order valence-electron chi connectivity index (χ0n) is 4.41. The van der Waals surface area contributed by atoms with E-state index in [2.05, 4.69) is 22.6 Å². The average Bonchev–Trinajstić information content (AvgIpc) is 1.61. The highest BCUT2D eigenvalue weighted by molar-refractivity contribution is 14.1. The summed E-state index contributed by atoms with van der Waals surface area (Å²) >= 11 is 2.27. The van der Waals surface area contributed by atoms with E-state index in [4.69, 9.17) is 0 Å². The summed E-state index contributed by atoms with van der Waals surface area (Å²) in [5.41, 5.74) is 0. The van der Waals surface area contributed by atoms with Crippen molar-refractivity contribution in [2.24, 2.45) is 0 Å². The van der Waals surface area contributed by atoms with E-state index in [-0.39, 0.29) is 0 Å². The lowest BCUT2D eigenvalue weighted by Crippen LogP contribution is -1.88. The number of Topliss-reactive ketones (excluding diaryl/α,β-unsaturated/α-hetero) is 1. The van der Waals surface area contributed by atoms with Gasteiger partial charge in [-0.1, -0.05) is 22.6 Å². The van der Waals surface area contributed by atoms with Crippen molar-refractivity contribution in [3.8, 4) is 0 Å². The van der Waals surface area contributed by atoms with Gasteiger partial charge in [0.2, 0.25) is 0 Å². The molecule has 0 aromatic rings. The van der Waals surface area contributed by atoms with Gasteiger partial charge < -0.3 is 4.79 Å². The molecule has 0 aromatic carbocycles. The highest BCUT2D eigenvalue weighted by Gasteiger charge is 1.88. The van der Waals surface area contributed by atoms with E-state index in [0.29, 0.717) is 5.78 Å². The monoisotopic (exact) mass is 212 g/mol. The van der Waals surface area contributed by atoms with E-state index in [1.54, 1.807) is 6.92 Å². The molecule has 0 aliphatic rings. The SMILES string of the molecule is CC(=O)CCCI. The molecule has 0 radical (unpaired) electrons. The van der Waals surface area contributed by atoms with Crippen LogP contribution in [0.1, 0.15) is 19.8 Å². The van der Waals surface area contributed by atoms with Crippen molar-refractivity contribution in [2.45, 2.75) is 19.8 Å². The Hall–Kier alpha value is 0.400. The summed E-state index contributed by atoms with van der Waals surface area (Å²) in [6.45, 7) is 1.63. The number of hydrogen-bond donors (Lipinski definition) is 0. The fourth-order valence-electron chi connectivity index (χ4n) is 0.316. The highest BCUT2D eigenvalue weighted by atomic mass is 127. The summed E-state index contributed by atoms with van der Waals surface area (Å²) in [5.74, 6) is 0.302. The van der Waals surface area contributed by atoms with Crippen molar-refractivity contribution in [1.29, 1.82) is 0 Å². The molecule has 42 valence electrons. The second-order valence-corrected chi connectivity index (χ2v) is 2.57. The summed E-state index contributed by atoms with van der Waals surface area (Å²) in [6.07, 6.45) is 1.79. The van der Waals surface area contributed by atoms with Crippen molar-refractivity contribution in [1.82, 2.24) is 0 Å². The Morgan fingerprint density at radius 2 is 2.29 bits per heavy atom. The molecule has 0 atom stereocenters. The Balaban J connectivity index is 2.82. The zero-order valence-corrected chi connectivity index (χ0v) is 6.57. The molecule has 2 heteroatoms. The van der Waals surface area contributed by atoms with Crippen molar-refractivity contribution < 1.29 is 4.79 Å². The predicted molar refractivity (Wildman–Crippen MR) is 38.8 cm³/mol. The van der Waals surface area contributed by atoms with Crippen LogP contribution in [0.5, 0.6) is 0 Å². The molecule has 0 aromatic heterocycles. The highest BCUT2D eigenvalue weighted by Crippen LogP contribution is 1.93. The molecule has 0 aliphatic carbocycles. The van der Waals surface area contributed by atoms with Gasteiger partial charge in [0, 0.05) is 6.42 Å². The van der Waals surface area contributed by atoms with E-state index in [9.17, 15) is 4.79 Å². The van der Waals surface area contributed by atoms with E-state index in [1.807, 2.05) is 0 Å². The lowest BCUT2D eigenvalue weighted by atomic mass is 10.3. The second-order valence-electron chi connectivity index (χ2n) is 1.49. The maximum absolute atomic E-state index is 10.2. The zero-order chi connectivity index (χ0) is 5.70. The molecule has 0 aliphatic heterocycles. The first-order chi connectivity index (χ1) is 3.27. The average molecular weight is 212 g/mol. The van der Waals surface area contributed by atoms with Gasteiger partial charge in [0.25, 0.3) is 0 Å². The maximum Gasteiger partial charge on any atom is 0.129 e. The number of halogens is 1. The van der Waals surface area contributed by atoms with Gasteiger partial charge in [0.15, 0.2) is 0 Å². The molecule has 0 saturated heterocycles. The Morgan fingerprint density at radius 3 is 2.43 bits per heavy atom. The molecule has 7 heavy (non-hydrogen) atoms. The van der Waals surface area contributed by atoms with E-state index < -0.39 is 0 Å². The van der Waals surface area contributed by atoms with Crippen molar-refractivity contribution in [3.63, 3.8) is 0 Å². The molecule has 0 fully saturated rings. The third-order valence-corrected chi connectivity index (χ3v) is 1.43. The van der Waals surface area contributed by atoms with Crippen LogP contribution in [0.2, 0.25) is 0 Å². The van der Waals surface area contributed by atoms with E-state index in [1.165, 1.54) is 0 Å². The Bertz CT molecular complexity index is 61.1. The van der Waals surface area contributed by atoms with Gasteiger partial charge in [-0.2, -0.15) is 0 Å². The minimum Gasteiger partial charge on any atom is -0.300 e. The first-order valence-corrected chi connectivity index (χ1v) is 3.85. The summed E-state index contributed by atoms with van der Waals surface area (Å²) in [6, 6.07) is 0. The van der Waals surface area contributed by atoms with Gasteiger partial charge in [-0.3, -0.25) is 0 Å². The van der Waals surface area contributed by atoms with Crippen LogP contribution in [-0.4, -0.2) is 10.2 Å². The van der Waals surface area contributed by atoms with E-state index in [0.717, 1.165) is 17.3 Å². The van der Waals surface area contributed by atoms with Crippen molar-refractivity contribution in [3.05, 3.63) is 0 Å². The Labute approximate surface area is 57.6 Å². The van der Waals surface area contributed by atoms with Gasteiger partial charge in [0.05, 0.1) is 0 Å². The number of rotatable bonds is 3. The Morgan fingerprint density at radius 1 is 1.71 bits per heavy atom. The van der Waals surface area contributed by atoms with Gasteiger partial charge in [-0.15, -0.1) is 0 Å². The molecule has 0 spiro atoms. The molecule has 0 amide bonds. The van der Waals surface area contributed by atoms with Crippen molar-refractivity contribution in [2.75, 3.05) is 4.43 Å². The molecular formula is C5H9IO. The minimum atomic E-state index is 0.302. The normalized spacial score (nSPS) is 8.86. The van der Waals surface area contributed by atoms with Crippen LogP contribution < -0.4 is 0 Å². The molecule has 0 bridgehead atoms. The molecule has 1 nitrogen and oxygen atoms in total. The van der Waals surface area contributed by atoms with Crippen LogP contribution in [0.25, 0.3) is 0 Å². The number of ketones is 1. The summed E-state index contributed by atoms with van der Waals surface area (Å²) in [5, 5.41) is 0. The number of alkyl halides is 1. The lowest BCUT2D eigenvalue weighted by Gasteiger charge is -1.85. The number of carbonyl (C=O) groups is 1. The molecule has 0 N–H and O–H groups in total. The second kappa shape index (κ2) is 4.56. The fourth-order valence-corrected chi connectivity index (χ4v) is 0.697. The van der Waals surface area contributed by atoms with Gasteiger partial charge in [0.1, 0.15) is 5.78 Å².